The highest BCUT2D eigenvalue weighted by atomic mass is 19.1. The van der Waals surface area contributed by atoms with Crippen molar-refractivity contribution >= 4 is 0 Å². The van der Waals surface area contributed by atoms with Crippen molar-refractivity contribution in [3.63, 3.8) is 0 Å². The zero-order valence-corrected chi connectivity index (χ0v) is 16.0. The molecular formula is C23H26FN3O. The average Bonchev–Trinajstić information content (AvgIpc) is 3.19. The fraction of sp³-hybridized carbons (Fsp3) is 0.391. The van der Waals surface area contributed by atoms with Gasteiger partial charge in [-0.15, -0.1) is 10.2 Å². The molecule has 0 aliphatic heterocycles. The Hall–Kier alpha value is -2.53. The highest BCUT2D eigenvalue weighted by Gasteiger charge is 2.25. The maximum atomic E-state index is 13.5. The van der Waals surface area contributed by atoms with E-state index in [-0.39, 0.29) is 11.9 Å². The summed E-state index contributed by atoms with van der Waals surface area (Å²) < 4.78 is 19.5. The molecular weight excluding hydrogens is 353 g/mol. The monoisotopic (exact) mass is 379 g/mol. The van der Waals surface area contributed by atoms with Crippen molar-refractivity contribution in [1.29, 1.82) is 0 Å². The van der Waals surface area contributed by atoms with Gasteiger partial charge >= 0.3 is 0 Å². The van der Waals surface area contributed by atoms with E-state index in [1.54, 1.807) is 12.1 Å². The fourth-order valence-electron chi connectivity index (χ4n) is 3.87. The molecule has 1 fully saturated rings. The number of benzene rings is 2. The molecule has 1 atom stereocenters. The van der Waals surface area contributed by atoms with Crippen LogP contribution in [0, 0.1) is 5.82 Å². The van der Waals surface area contributed by atoms with Crippen molar-refractivity contribution in [3.05, 3.63) is 71.9 Å². The zero-order valence-electron chi connectivity index (χ0n) is 16.0. The SMILES string of the molecule is Fc1ccc([C@H](NC2CCCCCCC2)c2nnc(-c3ccccc3)o2)cc1. The first-order chi connectivity index (χ1) is 13.8. The Bertz CT molecular complexity index is 855. The summed E-state index contributed by atoms with van der Waals surface area (Å²) in [4.78, 5) is 0. The number of hydrogen-bond acceptors (Lipinski definition) is 4. The van der Waals surface area contributed by atoms with Crippen LogP contribution in [0.5, 0.6) is 0 Å². The second-order valence-corrected chi connectivity index (χ2v) is 7.50. The standard InChI is InChI=1S/C23H26FN3O/c24-19-15-13-17(14-16-19)21(25-20-11-7-2-1-3-8-12-20)23-27-26-22(28-23)18-9-5-4-6-10-18/h4-6,9-10,13-16,20-21,25H,1-3,7-8,11-12H2/t21-/m0/s1. The van der Waals surface area contributed by atoms with Crippen LogP contribution in [0.3, 0.4) is 0 Å². The lowest BCUT2D eigenvalue weighted by Crippen LogP contribution is -2.34. The number of hydrogen-bond donors (Lipinski definition) is 1. The molecule has 0 radical (unpaired) electrons. The number of aromatic nitrogens is 2. The maximum absolute atomic E-state index is 13.5. The van der Waals surface area contributed by atoms with Gasteiger partial charge in [-0.2, -0.15) is 0 Å². The molecule has 0 bridgehead atoms. The van der Waals surface area contributed by atoms with E-state index in [2.05, 4.69) is 15.5 Å². The predicted molar refractivity (Wildman–Crippen MR) is 107 cm³/mol. The van der Waals surface area contributed by atoms with Crippen LogP contribution in [-0.4, -0.2) is 16.2 Å². The summed E-state index contributed by atoms with van der Waals surface area (Å²) in [6.07, 6.45) is 8.64. The van der Waals surface area contributed by atoms with Crippen molar-refractivity contribution in [3.8, 4) is 11.5 Å². The minimum atomic E-state index is -0.246. The quantitative estimate of drug-likeness (QED) is 0.621. The summed E-state index contributed by atoms with van der Waals surface area (Å²) >= 11 is 0. The predicted octanol–water partition coefficient (Wildman–Crippen LogP) is 5.67. The van der Waals surface area contributed by atoms with Gasteiger partial charge < -0.3 is 4.42 Å². The van der Waals surface area contributed by atoms with Gasteiger partial charge in [0.1, 0.15) is 11.9 Å². The Morgan fingerprint density at radius 2 is 1.54 bits per heavy atom. The van der Waals surface area contributed by atoms with Crippen molar-refractivity contribution in [2.75, 3.05) is 0 Å². The van der Waals surface area contributed by atoms with Crippen molar-refractivity contribution in [2.45, 2.75) is 57.0 Å². The molecule has 5 heteroatoms. The van der Waals surface area contributed by atoms with E-state index in [4.69, 9.17) is 4.42 Å². The average molecular weight is 379 g/mol. The third kappa shape index (κ3) is 4.65. The number of rotatable bonds is 5. The van der Waals surface area contributed by atoms with Gasteiger partial charge in [-0.05, 0) is 42.7 Å². The fourth-order valence-corrected chi connectivity index (χ4v) is 3.87. The normalized spacial score (nSPS) is 17.0. The molecule has 3 aromatic rings. The summed E-state index contributed by atoms with van der Waals surface area (Å²) in [5.74, 6) is 0.777. The van der Waals surface area contributed by atoms with Gasteiger partial charge in [0.25, 0.3) is 0 Å². The lowest BCUT2D eigenvalue weighted by atomic mass is 9.95. The van der Waals surface area contributed by atoms with Crippen LogP contribution in [-0.2, 0) is 0 Å². The van der Waals surface area contributed by atoms with Crippen LogP contribution in [0.25, 0.3) is 11.5 Å². The summed E-state index contributed by atoms with van der Waals surface area (Å²) in [6.45, 7) is 0. The third-order valence-corrected chi connectivity index (χ3v) is 5.42. The van der Waals surface area contributed by atoms with Crippen molar-refractivity contribution < 1.29 is 8.81 Å². The van der Waals surface area contributed by atoms with E-state index in [9.17, 15) is 4.39 Å². The molecule has 1 N–H and O–H groups in total. The van der Waals surface area contributed by atoms with Crippen molar-refractivity contribution in [1.82, 2.24) is 15.5 Å². The molecule has 1 aliphatic rings. The molecule has 1 heterocycles. The van der Waals surface area contributed by atoms with Crippen LogP contribution in [0.1, 0.15) is 62.4 Å². The minimum absolute atomic E-state index is 0.241. The smallest absolute Gasteiger partial charge is 0.247 e. The van der Waals surface area contributed by atoms with E-state index in [1.807, 2.05) is 30.3 Å². The van der Waals surface area contributed by atoms with Gasteiger partial charge in [0.2, 0.25) is 11.8 Å². The molecule has 0 saturated heterocycles. The molecule has 2 aromatic carbocycles. The van der Waals surface area contributed by atoms with E-state index in [0.29, 0.717) is 17.8 Å². The number of halogens is 1. The molecule has 1 saturated carbocycles. The van der Waals surface area contributed by atoms with Gasteiger partial charge in [0.05, 0.1) is 0 Å². The van der Waals surface area contributed by atoms with E-state index >= 15 is 0 Å². The zero-order chi connectivity index (χ0) is 19.2. The highest BCUT2D eigenvalue weighted by Crippen LogP contribution is 2.28. The molecule has 0 spiro atoms. The first-order valence-electron chi connectivity index (χ1n) is 10.2. The minimum Gasteiger partial charge on any atom is -0.419 e. The largest absolute Gasteiger partial charge is 0.419 e. The summed E-state index contributed by atoms with van der Waals surface area (Å²) in [7, 11) is 0. The number of nitrogens with one attached hydrogen (secondary N) is 1. The Kier molecular flexibility index (Phi) is 6.12. The first kappa shape index (κ1) is 18.8. The third-order valence-electron chi connectivity index (χ3n) is 5.42. The Morgan fingerprint density at radius 3 is 2.25 bits per heavy atom. The second-order valence-electron chi connectivity index (χ2n) is 7.50. The molecule has 28 heavy (non-hydrogen) atoms. The Balaban J connectivity index is 1.61. The van der Waals surface area contributed by atoms with Gasteiger partial charge in [0.15, 0.2) is 0 Å². The molecule has 146 valence electrons. The summed E-state index contributed by atoms with van der Waals surface area (Å²) in [6, 6.07) is 16.5. The van der Waals surface area contributed by atoms with Crippen LogP contribution in [0.4, 0.5) is 4.39 Å². The number of nitrogens with zero attached hydrogens (tertiary/aromatic N) is 2. The van der Waals surface area contributed by atoms with E-state index < -0.39 is 0 Å². The highest BCUT2D eigenvalue weighted by molar-refractivity contribution is 5.51. The Morgan fingerprint density at radius 1 is 0.857 bits per heavy atom. The first-order valence-corrected chi connectivity index (χ1v) is 10.2. The molecule has 1 aliphatic carbocycles. The second kappa shape index (κ2) is 9.11. The van der Waals surface area contributed by atoms with Crippen molar-refractivity contribution in [2.24, 2.45) is 0 Å². The van der Waals surface area contributed by atoms with Crippen LogP contribution >= 0.6 is 0 Å². The van der Waals surface area contributed by atoms with E-state index in [0.717, 1.165) is 24.0 Å². The van der Waals surface area contributed by atoms with Gasteiger partial charge in [-0.1, -0.05) is 62.4 Å². The summed E-state index contributed by atoms with van der Waals surface area (Å²) in [5, 5.41) is 12.3. The maximum Gasteiger partial charge on any atom is 0.247 e. The lowest BCUT2D eigenvalue weighted by Gasteiger charge is -2.25. The molecule has 0 amide bonds. The van der Waals surface area contributed by atoms with Gasteiger partial charge in [-0.3, -0.25) is 5.32 Å². The van der Waals surface area contributed by atoms with Crippen LogP contribution < -0.4 is 5.32 Å². The van der Waals surface area contributed by atoms with Crippen LogP contribution in [0.2, 0.25) is 0 Å². The molecule has 0 unspecified atom stereocenters. The molecule has 4 rings (SSSR count). The van der Waals surface area contributed by atoms with Gasteiger partial charge in [-0.25, -0.2) is 4.39 Å². The Labute approximate surface area is 165 Å². The lowest BCUT2D eigenvalue weighted by molar-refractivity contribution is 0.342. The topological polar surface area (TPSA) is 51.0 Å². The van der Waals surface area contributed by atoms with Crippen LogP contribution in [0.15, 0.2) is 59.0 Å². The molecule has 1 aromatic heterocycles. The summed E-state index contributed by atoms with van der Waals surface area (Å²) in [5.41, 5.74) is 1.83. The van der Waals surface area contributed by atoms with E-state index in [1.165, 1.54) is 44.2 Å². The van der Waals surface area contributed by atoms with Gasteiger partial charge in [0, 0.05) is 11.6 Å². The molecule has 4 nitrogen and oxygen atoms in total.